The van der Waals surface area contributed by atoms with E-state index in [-0.39, 0.29) is 11.8 Å². The summed E-state index contributed by atoms with van der Waals surface area (Å²) in [6, 6.07) is 28.2. The summed E-state index contributed by atoms with van der Waals surface area (Å²) in [5, 5.41) is 3.77. The largest absolute Gasteiger partial charge is 0.301 e. The van der Waals surface area contributed by atoms with Crippen molar-refractivity contribution in [1.82, 2.24) is 4.98 Å². The third kappa shape index (κ3) is 3.47. The lowest BCUT2D eigenvalue weighted by Gasteiger charge is -2.17. The van der Waals surface area contributed by atoms with Crippen molar-refractivity contribution in [2.75, 3.05) is 5.32 Å². The van der Waals surface area contributed by atoms with Crippen LogP contribution in [0.2, 0.25) is 0 Å². The van der Waals surface area contributed by atoms with Crippen LogP contribution in [-0.2, 0) is 17.6 Å². The molecule has 0 fully saturated rings. The van der Waals surface area contributed by atoms with Crippen molar-refractivity contribution in [3.05, 3.63) is 106 Å². The number of aromatic nitrogens is 1. The summed E-state index contributed by atoms with van der Waals surface area (Å²) in [5.41, 5.74) is 5.48. The van der Waals surface area contributed by atoms with Crippen LogP contribution in [0.4, 0.5) is 5.13 Å². The minimum atomic E-state index is -0.370. The number of amides is 1. The first-order chi connectivity index (χ1) is 14.3. The van der Waals surface area contributed by atoms with E-state index < -0.39 is 0 Å². The van der Waals surface area contributed by atoms with Crippen LogP contribution in [0.25, 0.3) is 11.3 Å². The Kier molecular flexibility index (Phi) is 4.70. The molecule has 4 aromatic rings. The quantitative estimate of drug-likeness (QED) is 0.482. The number of rotatable bonds is 4. The summed E-state index contributed by atoms with van der Waals surface area (Å²) in [6.07, 6.45) is 2.00. The average Bonchev–Trinajstić information content (AvgIpc) is 3.18. The lowest BCUT2D eigenvalue weighted by Crippen LogP contribution is -2.22. The Morgan fingerprint density at radius 2 is 1.45 bits per heavy atom. The number of thiazole rings is 1. The zero-order valence-corrected chi connectivity index (χ0v) is 16.7. The normalized spacial score (nSPS) is 12.3. The highest BCUT2D eigenvalue weighted by Crippen LogP contribution is 2.38. The second kappa shape index (κ2) is 7.64. The molecule has 29 heavy (non-hydrogen) atoms. The molecular weight excluding hydrogens is 376 g/mol. The Hall–Kier alpha value is -3.24. The molecule has 0 radical (unpaired) electrons. The standard InChI is InChI=1S/C25H20N2OS/c28-24(22(18-10-3-1-4-11-18)19-12-5-2-6-13-19)27-25-26-23-20-14-8-7-9-17(20)15-16-21(23)29-25/h1-14,22H,15-16H2,(H,26,27,28). The van der Waals surface area contributed by atoms with E-state index in [0.717, 1.165) is 29.7 Å². The average molecular weight is 397 g/mol. The van der Waals surface area contributed by atoms with Crippen molar-refractivity contribution < 1.29 is 4.79 Å². The third-order valence-corrected chi connectivity index (χ3v) is 6.38. The van der Waals surface area contributed by atoms with E-state index in [0.29, 0.717) is 5.13 Å². The monoisotopic (exact) mass is 396 g/mol. The van der Waals surface area contributed by atoms with Gasteiger partial charge >= 0.3 is 0 Å². The number of carbonyl (C=O) groups is 1. The molecule has 142 valence electrons. The molecule has 3 nitrogen and oxygen atoms in total. The molecule has 0 aliphatic heterocycles. The highest BCUT2D eigenvalue weighted by Gasteiger charge is 2.25. The van der Waals surface area contributed by atoms with Crippen LogP contribution in [0.3, 0.4) is 0 Å². The van der Waals surface area contributed by atoms with Crippen LogP contribution in [0.15, 0.2) is 84.9 Å². The lowest BCUT2D eigenvalue weighted by atomic mass is 9.90. The number of nitrogens with one attached hydrogen (secondary N) is 1. The lowest BCUT2D eigenvalue weighted by molar-refractivity contribution is -0.116. The van der Waals surface area contributed by atoms with Gasteiger partial charge in [0, 0.05) is 10.4 Å². The summed E-state index contributed by atoms with van der Waals surface area (Å²) >= 11 is 1.59. The van der Waals surface area contributed by atoms with Crippen molar-refractivity contribution in [3.63, 3.8) is 0 Å². The Bertz CT molecular complexity index is 1110. The summed E-state index contributed by atoms with van der Waals surface area (Å²) in [7, 11) is 0. The number of anilines is 1. The maximum Gasteiger partial charge on any atom is 0.238 e. The minimum Gasteiger partial charge on any atom is -0.301 e. The first kappa shape index (κ1) is 17.8. The van der Waals surface area contributed by atoms with Crippen LogP contribution in [0.1, 0.15) is 27.5 Å². The Morgan fingerprint density at radius 1 is 0.828 bits per heavy atom. The number of benzene rings is 3. The van der Waals surface area contributed by atoms with E-state index in [2.05, 4.69) is 23.5 Å². The summed E-state index contributed by atoms with van der Waals surface area (Å²) < 4.78 is 0. The van der Waals surface area contributed by atoms with Crippen LogP contribution in [0.5, 0.6) is 0 Å². The molecule has 1 N–H and O–H groups in total. The smallest absolute Gasteiger partial charge is 0.238 e. The topological polar surface area (TPSA) is 42.0 Å². The molecular formula is C25H20N2OS. The van der Waals surface area contributed by atoms with Gasteiger partial charge in [0.25, 0.3) is 0 Å². The van der Waals surface area contributed by atoms with Gasteiger partial charge in [0.05, 0.1) is 11.6 Å². The molecule has 1 aromatic heterocycles. The third-order valence-electron chi connectivity index (χ3n) is 5.35. The fourth-order valence-electron chi connectivity index (χ4n) is 3.97. The van der Waals surface area contributed by atoms with Crippen molar-refractivity contribution in [2.24, 2.45) is 0 Å². The van der Waals surface area contributed by atoms with Crippen LogP contribution in [-0.4, -0.2) is 10.9 Å². The summed E-state index contributed by atoms with van der Waals surface area (Å²) in [6.45, 7) is 0. The molecule has 1 aliphatic carbocycles. The number of hydrogen-bond acceptors (Lipinski definition) is 3. The Morgan fingerprint density at radius 3 is 2.14 bits per heavy atom. The molecule has 0 atom stereocenters. The molecule has 1 heterocycles. The van der Waals surface area contributed by atoms with Gasteiger partial charge in [-0.3, -0.25) is 4.79 Å². The van der Waals surface area contributed by atoms with Crippen molar-refractivity contribution in [1.29, 1.82) is 0 Å². The number of nitrogens with zero attached hydrogens (tertiary/aromatic N) is 1. The van der Waals surface area contributed by atoms with Gasteiger partial charge in [-0.1, -0.05) is 84.9 Å². The summed E-state index contributed by atoms with van der Waals surface area (Å²) in [5.74, 6) is -0.424. The maximum atomic E-state index is 13.3. The van der Waals surface area contributed by atoms with E-state index in [1.807, 2.05) is 66.7 Å². The first-order valence-corrected chi connectivity index (χ1v) is 10.6. The van der Waals surface area contributed by atoms with E-state index in [1.54, 1.807) is 11.3 Å². The number of carbonyl (C=O) groups excluding carboxylic acids is 1. The highest BCUT2D eigenvalue weighted by molar-refractivity contribution is 7.16. The van der Waals surface area contributed by atoms with Crippen LogP contribution in [0, 0.1) is 0 Å². The fraction of sp³-hybridized carbons (Fsp3) is 0.120. The van der Waals surface area contributed by atoms with Crippen molar-refractivity contribution in [3.8, 4) is 11.3 Å². The predicted molar refractivity (Wildman–Crippen MR) is 118 cm³/mol. The van der Waals surface area contributed by atoms with Gasteiger partial charge in [-0.15, -0.1) is 11.3 Å². The van der Waals surface area contributed by atoms with E-state index >= 15 is 0 Å². The molecule has 0 spiro atoms. The van der Waals surface area contributed by atoms with Gasteiger partial charge in [-0.25, -0.2) is 4.98 Å². The fourth-order valence-corrected chi connectivity index (χ4v) is 4.94. The zero-order chi connectivity index (χ0) is 19.6. The van der Waals surface area contributed by atoms with E-state index in [9.17, 15) is 4.79 Å². The molecule has 0 unspecified atom stereocenters. The maximum absolute atomic E-state index is 13.3. The van der Waals surface area contributed by atoms with E-state index in [4.69, 9.17) is 4.98 Å². The molecule has 5 rings (SSSR count). The molecule has 1 amide bonds. The molecule has 1 aliphatic rings. The Labute approximate surface area is 174 Å². The van der Waals surface area contributed by atoms with Gasteiger partial charge in [-0.05, 0) is 29.5 Å². The van der Waals surface area contributed by atoms with Gasteiger partial charge in [-0.2, -0.15) is 0 Å². The molecule has 0 saturated carbocycles. The van der Waals surface area contributed by atoms with Gasteiger partial charge in [0.1, 0.15) is 0 Å². The van der Waals surface area contributed by atoms with E-state index in [1.165, 1.54) is 16.0 Å². The number of hydrogen-bond donors (Lipinski definition) is 1. The number of aryl methyl sites for hydroxylation is 2. The predicted octanol–water partition coefficient (Wildman–Crippen LogP) is 5.68. The zero-order valence-electron chi connectivity index (χ0n) is 15.8. The van der Waals surface area contributed by atoms with Crippen molar-refractivity contribution in [2.45, 2.75) is 18.8 Å². The van der Waals surface area contributed by atoms with Crippen LogP contribution >= 0.6 is 11.3 Å². The minimum absolute atomic E-state index is 0.0539. The van der Waals surface area contributed by atoms with Gasteiger partial charge in [0.2, 0.25) is 5.91 Å². The molecule has 0 bridgehead atoms. The van der Waals surface area contributed by atoms with Gasteiger partial charge in [0.15, 0.2) is 5.13 Å². The second-order valence-electron chi connectivity index (χ2n) is 7.19. The van der Waals surface area contributed by atoms with Crippen molar-refractivity contribution >= 4 is 22.4 Å². The Balaban J connectivity index is 1.47. The number of fused-ring (bicyclic) bond motifs is 3. The second-order valence-corrected chi connectivity index (χ2v) is 8.28. The highest BCUT2D eigenvalue weighted by atomic mass is 32.1. The van der Waals surface area contributed by atoms with Crippen LogP contribution < -0.4 is 5.32 Å². The first-order valence-electron chi connectivity index (χ1n) is 9.78. The molecule has 3 aromatic carbocycles. The molecule has 0 saturated heterocycles. The SMILES string of the molecule is O=C(Nc1nc2c(s1)CCc1ccccc1-2)C(c1ccccc1)c1ccccc1. The molecule has 4 heteroatoms. The summed E-state index contributed by atoms with van der Waals surface area (Å²) in [4.78, 5) is 19.4. The van der Waals surface area contributed by atoms with Gasteiger partial charge < -0.3 is 5.32 Å².